The summed E-state index contributed by atoms with van der Waals surface area (Å²) in [6, 6.07) is 3.65. The number of halogens is 2. The number of pyridine rings is 1. The maximum absolute atomic E-state index is 6.62. The molecule has 166 valence electrons. The fourth-order valence-corrected chi connectivity index (χ4v) is 5.30. The van der Waals surface area contributed by atoms with E-state index in [1.807, 2.05) is 30.4 Å². The molecule has 30 heavy (non-hydrogen) atoms. The summed E-state index contributed by atoms with van der Waals surface area (Å²) in [5.74, 6) is -0.709. The molecule has 2 saturated heterocycles. The third-order valence-corrected chi connectivity index (χ3v) is 11.4. The van der Waals surface area contributed by atoms with Gasteiger partial charge in [-0.3, -0.25) is 4.40 Å². The molecular weight excluding hydrogens is 443 g/mol. The first-order chi connectivity index (χ1) is 13.8. The molecule has 0 spiro atoms. The standard InChI is InChI=1S/C21H30Cl2N2O4Si/c1-20(2,3)30(6,7)26-11-13-17-19(29-21(4,5)28-17)18(27-13)16-12(22)8-9-15-24-14(23)10-25(15)16/h8-10,13,17-19H,11H2,1-7H3/t13-,17?,18+,19?/m1/s1. The van der Waals surface area contributed by atoms with Crippen LogP contribution in [0.15, 0.2) is 18.3 Å². The average Bonchev–Trinajstić information content (AvgIpc) is 3.22. The van der Waals surface area contributed by atoms with E-state index in [4.69, 9.17) is 41.8 Å². The van der Waals surface area contributed by atoms with E-state index in [-0.39, 0.29) is 23.4 Å². The van der Waals surface area contributed by atoms with Crippen molar-refractivity contribution in [2.45, 2.75) is 83.0 Å². The Balaban J connectivity index is 1.67. The molecule has 2 unspecified atom stereocenters. The van der Waals surface area contributed by atoms with Gasteiger partial charge in [-0.15, -0.1) is 0 Å². The van der Waals surface area contributed by atoms with E-state index in [0.717, 1.165) is 5.69 Å². The summed E-state index contributed by atoms with van der Waals surface area (Å²) >= 11 is 12.8. The van der Waals surface area contributed by atoms with Gasteiger partial charge >= 0.3 is 0 Å². The van der Waals surface area contributed by atoms with E-state index >= 15 is 0 Å². The van der Waals surface area contributed by atoms with Crippen molar-refractivity contribution in [2.75, 3.05) is 6.61 Å². The highest BCUT2D eigenvalue weighted by Gasteiger charge is 2.57. The molecule has 0 aromatic carbocycles. The molecule has 2 fully saturated rings. The van der Waals surface area contributed by atoms with E-state index in [9.17, 15) is 0 Å². The van der Waals surface area contributed by atoms with E-state index in [2.05, 4.69) is 38.8 Å². The third-order valence-electron chi connectivity index (χ3n) is 6.42. The van der Waals surface area contributed by atoms with Crippen LogP contribution >= 0.6 is 23.2 Å². The zero-order valence-corrected chi connectivity index (χ0v) is 21.0. The smallest absolute Gasteiger partial charge is 0.192 e. The van der Waals surface area contributed by atoms with Crippen molar-refractivity contribution in [3.05, 3.63) is 34.2 Å². The van der Waals surface area contributed by atoms with E-state index in [1.54, 1.807) is 6.20 Å². The van der Waals surface area contributed by atoms with Crippen LogP contribution in [0.2, 0.25) is 28.3 Å². The lowest BCUT2D eigenvalue weighted by Gasteiger charge is -2.37. The largest absolute Gasteiger partial charge is 0.414 e. The van der Waals surface area contributed by atoms with Crippen LogP contribution in [-0.4, -0.2) is 48.4 Å². The molecule has 0 bridgehead atoms. The van der Waals surface area contributed by atoms with Crippen LogP contribution in [0, 0.1) is 0 Å². The lowest BCUT2D eigenvalue weighted by atomic mass is 10.1. The van der Waals surface area contributed by atoms with E-state index < -0.39 is 20.2 Å². The van der Waals surface area contributed by atoms with Gasteiger partial charge < -0.3 is 18.6 Å². The molecule has 4 atom stereocenters. The number of nitrogens with zero attached hydrogens (tertiary/aromatic N) is 2. The second-order valence-corrected chi connectivity index (χ2v) is 15.7. The van der Waals surface area contributed by atoms with Crippen LogP contribution < -0.4 is 0 Å². The summed E-state index contributed by atoms with van der Waals surface area (Å²) in [5.41, 5.74) is 1.47. The van der Waals surface area contributed by atoms with Crippen molar-refractivity contribution in [2.24, 2.45) is 0 Å². The van der Waals surface area contributed by atoms with Crippen LogP contribution in [0.5, 0.6) is 0 Å². The van der Waals surface area contributed by atoms with Crippen LogP contribution in [0.3, 0.4) is 0 Å². The number of aromatic nitrogens is 2. The summed E-state index contributed by atoms with van der Waals surface area (Å²) in [7, 11) is -1.94. The Hall–Kier alpha value is -0.673. The SMILES string of the molecule is CC1(C)OC2C(O1)[C@H](c1c(Cl)ccc3nc(Cl)cn13)O[C@@H]2CO[Si](C)(C)C(C)(C)C. The quantitative estimate of drug-likeness (QED) is 0.540. The molecule has 4 heterocycles. The van der Waals surface area contributed by atoms with E-state index in [1.165, 1.54) is 0 Å². The van der Waals surface area contributed by atoms with Gasteiger partial charge in [0.15, 0.2) is 14.1 Å². The Bertz CT molecular complexity index is 956. The zero-order chi connectivity index (χ0) is 22.1. The van der Waals surface area contributed by atoms with Crippen molar-refractivity contribution >= 4 is 37.2 Å². The summed E-state index contributed by atoms with van der Waals surface area (Å²) in [4.78, 5) is 4.34. The fourth-order valence-electron chi connectivity index (χ4n) is 3.84. The highest BCUT2D eigenvalue weighted by molar-refractivity contribution is 6.74. The normalized spacial score (nSPS) is 29.0. The maximum Gasteiger partial charge on any atom is 0.192 e. The number of imidazole rings is 1. The van der Waals surface area contributed by atoms with Crippen molar-refractivity contribution in [3.63, 3.8) is 0 Å². The highest BCUT2D eigenvalue weighted by atomic mass is 35.5. The van der Waals surface area contributed by atoms with Gasteiger partial charge in [0.2, 0.25) is 0 Å². The molecule has 0 N–H and O–H groups in total. The number of hydrogen-bond acceptors (Lipinski definition) is 5. The third kappa shape index (κ3) is 3.94. The first kappa shape index (κ1) is 22.5. The molecular formula is C21H30Cl2N2O4Si. The van der Waals surface area contributed by atoms with Crippen LogP contribution in [0.25, 0.3) is 5.65 Å². The molecule has 0 radical (unpaired) electrons. The summed E-state index contributed by atoms with van der Waals surface area (Å²) in [6.45, 7) is 15.4. The minimum absolute atomic E-state index is 0.110. The number of hydrogen-bond donors (Lipinski definition) is 0. The van der Waals surface area contributed by atoms with Gasteiger partial charge in [0, 0.05) is 6.20 Å². The molecule has 0 saturated carbocycles. The van der Waals surface area contributed by atoms with Crippen molar-refractivity contribution in [3.8, 4) is 0 Å². The van der Waals surface area contributed by atoms with Gasteiger partial charge in [0.1, 0.15) is 35.2 Å². The molecule has 2 aromatic rings. The zero-order valence-electron chi connectivity index (χ0n) is 18.5. The minimum atomic E-state index is -1.94. The predicted octanol–water partition coefficient (Wildman–Crippen LogP) is 5.62. The molecule has 2 aromatic heterocycles. The summed E-state index contributed by atoms with van der Waals surface area (Å²) in [5, 5.41) is 1.08. The van der Waals surface area contributed by atoms with Crippen LogP contribution in [0.4, 0.5) is 0 Å². The van der Waals surface area contributed by atoms with Gasteiger partial charge in [0.25, 0.3) is 0 Å². The Morgan fingerprint density at radius 2 is 1.83 bits per heavy atom. The number of fused-ring (bicyclic) bond motifs is 2. The van der Waals surface area contributed by atoms with Gasteiger partial charge in [-0.2, -0.15) is 0 Å². The lowest BCUT2D eigenvalue weighted by molar-refractivity contribution is -0.191. The van der Waals surface area contributed by atoms with Gasteiger partial charge in [-0.25, -0.2) is 4.98 Å². The molecule has 2 aliphatic heterocycles. The van der Waals surface area contributed by atoms with Crippen LogP contribution in [0.1, 0.15) is 46.4 Å². The molecule has 0 amide bonds. The number of ether oxygens (including phenoxy) is 3. The second-order valence-electron chi connectivity index (χ2n) is 10.1. The van der Waals surface area contributed by atoms with Gasteiger partial charge in [0.05, 0.1) is 17.3 Å². The fraction of sp³-hybridized carbons (Fsp3) is 0.667. The van der Waals surface area contributed by atoms with Crippen molar-refractivity contribution < 1.29 is 18.6 Å². The molecule has 4 rings (SSSR count). The average molecular weight is 473 g/mol. The predicted molar refractivity (Wildman–Crippen MR) is 120 cm³/mol. The Labute approximate surface area is 188 Å². The molecule has 0 aliphatic carbocycles. The summed E-state index contributed by atoms with van der Waals surface area (Å²) in [6.07, 6.45) is 0.501. The van der Waals surface area contributed by atoms with Crippen molar-refractivity contribution in [1.82, 2.24) is 9.38 Å². The first-order valence-corrected chi connectivity index (χ1v) is 13.9. The maximum atomic E-state index is 6.62. The van der Waals surface area contributed by atoms with Gasteiger partial charge in [-0.05, 0) is 44.1 Å². The first-order valence-electron chi connectivity index (χ1n) is 10.3. The topological polar surface area (TPSA) is 54.2 Å². The second kappa shape index (κ2) is 7.44. The summed E-state index contributed by atoms with van der Waals surface area (Å²) < 4.78 is 27.3. The van der Waals surface area contributed by atoms with Crippen molar-refractivity contribution in [1.29, 1.82) is 0 Å². The van der Waals surface area contributed by atoms with E-state index in [0.29, 0.717) is 22.4 Å². The van der Waals surface area contributed by atoms with Crippen LogP contribution in [-0.2, 0) is 18.6 Å². The molecule has 2 aliphatic rings. The number of rotatable bonds is 4. The minimum Gasteiger partial charge on any atom is -0.414 e. The molecule has 9 heteroatoms. The molecule has 6 nitrogen and oxygen atoms in total. The lowest BCUT2D eigenvalue weighted by Crippen LogP contribution is -2.44. The monoisotopic (exact) mass is 472 g/mol. The highest BCUT2D eigenvalue weighted by Crippen LogP contribution is 2.47. The Morgan fingerprint density at radius 3 is 2.50 bits per heavy atom. The van der Waals surface area contributed by atoms with Gasteiger partial charge in [-0.1, -0.05) is 44.0 Å². The Morgan fingerprint density at radius 1 is 1.17 bits per heavy atom. The Kier molecular flexibility index (Phi) is 5.58.